The average molecular weight is 294 g/mol. The topological polar surface area (TPSA) is 3.24 Å². The molecule has 1 aromatic rings. The van der Waals surface area contributed by atoms with Crippen LogP contribution in [0.4, 0.5) is 0 Å². The van der Waals surface area contributed by atoms with E-state index in [-0.39, 0.29) is 0 Å². The fraction of sp³-hybridized carbons (Fsp3) is 0.600. The molecule has 2 aliphatic heterocycles. The lowest BCUT2D eigenvalue weighted by Gasteiger charge is -2.45. The molecular weight excluding hydrogens is 274 g/mol. The highest BCUT2D eigenvalue weighted by atomic mass is 79.9. The number of nitrogens with zero attached hydrogens (tertiary/aromatic N) is 1. The van der Waals surface area contributed by atoms with Crippen molar-refractivity contribution in [1.82, 2.24) is 4.90 Å². The van der Waals surface area contributed by atoms with Crippen molar-refractivity contribution in [3.8, 4) is 0 Å². The molecule has 2 heterocycles. The number of benzene rings is 1. The van der Waals surface area contributed by atoms with Crippen molar-refractivity contribution in [2.24, 2.45) is 0 Å². The van der Waals surface area contributed by atoms with Gasteiger partial charge >= 0.3 is 0 Å². The van der Waals surface area contributed by atoms with Crippen LogP contribution in [0.3, 0.4) is 0 Å². The summed E-state index contributed by atoms with van der Waals surface area (Å²) in [5.74, 6) is 0. The van der Waals surface area contributed by atoms with Crippen molar-refractivity contribution in [2.45, 2.75) is 50.6 Å². The summed E-state index contributed by atoms with van der Waals surface area (Å²) in [4.78, 5) is 2.77. The first-order valence-corrected chi connectivity index (χ1v) is 7.66. The predicted molar refractivity (Wildman–Crippen MR) is 75.1 cm³/mol. The molecule has 0 aromatic heterocycles. The van der Waals surface area contributed by atoms with Gasteiger partial charge < -0.3 is 0 Å². The van der Waals surface area contributed by atoms with Crippen molar-refractivity contribution in [3.05, 3.63) is 34.3 Å². The lowest BCUT2D eigenvalue weighted by atomic mass is 9.86. The zero-order chi connectivity index (χ0) is 11.7. The van der Waals surface area contributed by atoms with E-state index in [9.17, 15) is 0 Å². The number of hydrogen-bond donors (Lipinski definition) is 0. The molecule has 2 fully saturated rings. The van der Waals surface area contributed by atoms with E-state index in [0.717, 1.165) is 6.04 Å². The number of fused-ring (bicyclic) bond motifs is 1. The normalized spacial score (nSPS) is 29.9. The van der Waals surface area contributed by atoms with Gasteiger partial charge in [-0.15, -0.1) is 0 Å². The van der Waals surface area contributed by atoms with Gasteiger partial charge in [0.2, 0.25) is 0 Å². The van der Waals surface area contributed by atoms with Gasteiger partial charge in [0, 0.05) is 16.6 Å². The number of piperidine rings is 2. The van der Waals surface area contributed by atoms with E-state index in [0.29, 0.717) is 6.04 Å². The Hall–Kier alpha value is -0.340. The summed E-state index contributed by atoms with van der Waals surface area (Å²) >= 11 is 3.72. The van der Waals surface area contributed by atoms with Gasteiger partial charge in [-0.1, -0.05) is 40.5 Å². The summed E-state index contributed by atoms with van der Waals surface area (Å²) in [5.41, 5.74) is 1.50. The van der Waals surface area contributed by atoms with Gasteiger partial charge in [-0.05, 0) is 50.3 Å². The average Bonchev–Trinajstić information content (AvgIpc) is 2.39. The molecule has 1 nitrogen and oxygen atoms in total. The highest BCUT2D eigenvalue weighted by Crippen LogP contribution is 2.40. The van der Waals surface area contributed by atoms with Crippen LogP contribution in [-0.2, 0) is 0 Å². The molecule has 2 heteroatoms. The fourth-order valence-corrected chi connectivity index (χ4v) is 4.08. The maximum Gasteiger partial charge on any atom is 0.0362 e. The van der Waals surface area contributed by atoms with Gasteiger partial charge in [0.05, 0.1) is 0 Å². The first-order valence-electron chi connectivity index (χ1n) is 6.86. The van der Waals surface area contributed by atoms with Crippen LogP contribution in [0.15, 0.2) is 28.7 Å². The molecule has 0 bridgehead atoms. The summed E-state index contributed by atoms with van der Waals surface area (Å²) < 4.78 is 1.29. The lowest BCUT2D eigenvalue weighted by Crippen LogP contribution is -2.44. The summed E-state index contributed by atoms with van der Waals surface area (Å²) in [5, 5.41) is 0. The van der Waals surface area contributed by atoms with Crippen molar-refractivity contribution in [2.75, 3.05) is 6.54 Å². The van der Waals surface area contributed by atoms with Crippen LogP contribution in [-0.4, -0.2) is 17.5 Å². The Bertz CT molecular complexity index is 388. The highest BCUT2D eigenvalue weighted by Gasteiger charge is 2.33. The standard InChI is InChI=1S/C15H20BrN/c16-14-9-2-1-8-13(14)15-10-5-7-12-6-3-4-11-17(12)15/h1-2,8-9,12,15H,3-7,10-11H2/t12-,15-/m0/s1. The fourth-order valence-electron chi connectivity index (χ4n) is 3.54. The van der Waals surface area contributed by atoms with E-state index in [2.05, 4.69) is 45.1 Å². The van der Waals surface area contributed by atoms with Crippen LogP contribution in [0.1, 0.15) is 50.1 Å². The van der Waals surface area contributed by atoms with Crippen molar-refractivity contribution >= 4 is 15.9 Å². The molecule has 0 unspecified atom stereocenters. The van der Waals surface area contributed by atoms with E-state index in [1.54, 1.807) is 0 Å². The van der Waals surface area contributed by atoms with Crippen molar-refractivity contribution in [1.29, 1.82) is 0 Å². The van der Waals surface area contributed by atoms with Crippen LogP contribution in [0, 0.1) is 0 Å². The van der Waals surface area contributed by atoms with E-state index < -0.39 is 0 Å². The summed E-state index contributed by atoms with van der Waals surface area (Å²) in [7, 11) is 0. The summed E-state index contributed by atoms with van der Waals surface area (Å²) in [6.07, 6.45) is 8.38. The minimum Gasteiger partial charge on any atom is -0.293 e. The molecule has 0 aliphatic carbocycles. The Labute approximate surface area is 112 Å². The zero-order valence-corrected chi connectivity index (χ0v) is 11.8. The van der Waals surface area contributed by atoms with Gasteiger partial charge in [0.15, 0.2) is 0 Å². The Kier molecular flexibility index (Phi) is 3.53. The van der Waals surface area contributed by atoms with E-state index >= 15 is 0 Å². The molecule has 3 rings (SSSR count). The summed E-state index contributed by atoms with van der Waals surface area (Å²) in [6, 6.07) is 10.3. The van der Waals surface area contributed by atoms with E-state index in [1.807, 2.05) is 0 Å². The zero-order valence-electron chi connectivity index (χ0n) is 10.2. The lowest BCUT2D eigenvalue weighted by molar-refractivity contribution is 0.0515. The molecule has 0 amide bonds. The maximum atomic E-state index is 3.72. The number of halogens is 1. The van der Waals surface area contributed by atoms with Crippen LogP contribution < -0.4 is 0 Å². The van der Waals surface area contributed by atoms with Gasteiger partial charge in [0.25, 0.3) is 0 Å². The molecule has 2 atom stereocenters. The SMILES string of the molecule is Brc1ccccc1[C@@H]1CCC[C@@H]2CCCCN21. The van der Waals surface area contributed by atoms with Gasteiger partial charge in [0.1, 0.15) is 0 Å². The third-order valence-electron chi connectivity index (χ3n) is 4.35. The van der Waals surface area contributed by atoms with E-state index in [4.69, 9.17) is 0 Å². The molecular formula is C15H20BrN. The third kappa shape index (κ3) is 2.30. The number of rotatable bonds is 1. The second-order valence-electron chi connectivity index (χ2n) is 5.36. The first-order chi connectivity index (χ1) is 8.36. The predicted octanol–water partition coefficient (Wildman–Crippen LogP) is 4.53. The monoisotopic (exact) mass is 293 g/mol. The van der Waals surface area contributed by atoms with Gasteiger partial charge in [-0.3, -0.25) is 4.90 Å². The van der Waals surface area contributed by atoms with Crippen LogP contribution >= 0.6 is 15.9 Å². The minimum absolute atomic E-state index is 0.657. The second kappa shape index (κ2) is 5.11. The largest absolute Gasteiger partial charge is 0.293 e. The molecule has 17 heavy (non-hydrogen) atoms. The second-order valence-corrected chi connectivity index (χ2v) is 6.21. The molecule has 0 spiro atoms. The Morgan fingerprint density at radius 1 is 1.00 bits per heavy atom. The molecule has 2 saturated heterocycles. The molecule has 0 radical (unpaired) electrons. The Balaban J connectivity index is 1.88. The van der Waals surface area contributed by atoms with Crippen LogP contribution in [0.2, 0.25) is 0 Å². The van der Waals surface area contributed by atoms with Gasteiger partial charge in [-0.2, -0.15) is 0 Å². The smallest absolute Gasteiger partial charge is 0.0362 e. The third-order valence-corrected chi connectivity index (χ3v) is 5.07. The van der Waals surface area contributed by atoms with Crippen molar-refractivity contribution in [3.63, 3.8) is 0 Å². The van der Waals surface area contributed by atoms with E-state index in [1.165, 1.54) is 55.1 Å². The molecule has 0 saturated carbocycles. The molecule has 92 valence electrons. The number of hydrogen-bond acceptors (Lipinski definition) is 1. The van der Waals surface area contributed by atoms with Crippen molar-refractivity contribution < 1.29 is 0 Å². The quantitative estimate of drug-likeness (QED) is 0.735. The van der Waals surface area contributed by atoms with Gasteiger partial charge in [-0.25, -0.2) is 0 Å². The highest BCUT2D eigenvalue weighted by molar-refractivity contribution is 9.10. The maximum absolute atomic E-state index is 3.72. The Morgan fingerprint density at radius 3 is 2.71 bits per heavy atom. The summed E-state index contributed by atoms with van der Waals surface area (Å²) in [6.45, 7) is 1.30. The minimum atomic E-state index is 0.657. The first kappa shape index (κ1) is 11.7. The Morgan fingerprint density at radius 2 is 1.82 bits per heavy atom. The molecule has 2 aliphatic rings. The van der Waals surface area contributed by atoms with Crippen LogP contribution in [0.25, 0.3) is 0 Å². The molecule has 0 N–H and O–H groups in total. The molecule has 1 aromatic carbocycles. The van der Waals surface area contributed by atoms with Crippen LogP contribution in [0.5, 0.6) is 0 Å².